The Hall–Kier alpha value is -1.65. The Kier molecular flexibility index (Phi) is 2.66. The lowest BCUT2D eigenvalue weighted by molar-refractivity contribution is 0.831. The quantitative estimate of drug-likeness (QED) is 0.776. The maximum atomic E-state index is 4.52. The van der Waals surface area contributed by atoms with Crippen LogP contribution in [0.5, 0.6) is 0 Å². The SMILES string of the molecule is CCCCNc1ncnc2nc(C3CC3)[nH]c12. The van der Waals surface area contributed by atoms with Gasteiger partial charge in [-0.3, -0.25) is 0 Å². The maximum Gasteiger partial charge on any atom is 0.183 e. The molecule has 2 heterocycles. The number of rotatable bonds is 5. The van der Waals surface area contributed by atoms with E-state index >= 15 is 0 Å². The minimum atomic E-state index is 0.618. The van der Waals surface area contributed by atoms with Crippen molar-refractivity contribution in [3.8, 4) is 0 Å². The van der Waals surface area contributed by atoms with Crippen LogP contribution in [0.15, 0.2) is 6.33 Å². The number of unbranched alkanes of at least 4 members (excludes halogenated alkanes) is 1. The highest BCUT2D eigenvalue weighted by atomic mass is 15.1. The second-order valence-corrected chi connectivity index (χ2v) is 4.60. The summed E-state index contributed by atoms with van der Waals surface area (Å²) in [7, 11) is 0. The second kappa shape index (κ2) is 4.31. The fourth-order valence-corrected chi connectivity index (χ4v) is 1.91. The number of aromatic nitrogens is 4. The summed E-state index contributed by atoms with van der Waals surface area (Å²) in [5.74, 6) is 2.56. The zero-order valence-electron chi connectivity index (χ0n) is 10.0. The highest BCUT2D eigenvalue weighted by Crippen LogP contribution is 2.39. The predicted molar refractivity (Wildman–Crippen MR) is 67.1 cm³/mol. The van der Waals surface area contributed by atoms with Gasteiger partial charge in [-0.05, 0) is 19.3 Å². The van der Waals surface area contributed by atoms with Gasteiger partial charge >= 0.3 is 0 Å². The first-order valence-corrected chi connectivity index (χ1v) is 6.33. The molecule has 0 atom stereocenters. The molecule has 0 aliphatic heterocycles. The van der Waals surface area contributed by atoms with E-state index in [1.807, 2.05) is 0 Å². The van der Waals surface area contributed by atoms with Gasteiger partial charge in [-0.2, -0.15) is 0 Å². The Morgan fingerprint density at radius 3 is 3.06 bits per heavy atom. The summed E-state index contributed by atoms with van der Waals surface area (Å²) in [6.07, 6.45) is 6.39. The van der Waals surface area contributed by atoms with Crippen LogP contribution in [0.1, 0.15) is 44.3 Å². The molecule has 0 unspecified atom stereocenters. The fourth-order valence-electron chi connectivity index (χ4n) is 1.91. The Morgan fingerprint density at radius 2 is 2.29 bits per heavy atom. The average molecular weight is 231 g/mol. The van der Waals surface area contributed by atoms with Gasteiger partial charge in [-0.1, -0.05) is 13.3 Å². The number of hydrogen-bond acceptors (Lipinski definition) is 4. The molecule has 90 valence electrons. The number of nitrogens with one attached hydrogen (secondary N) is 2. The zero-order chi connectivity index (χ0) is 11.7. The van der Waals surface area contributed by atoms with E-state index in [2.05, 4.69) is 32.2 Å². The molecule has 0 saturated heterocycles. The third-order valence-corrected chi connectivity index (χ3v) is 3.09. The number of imidazole rings is 1. The molecule has 1 fully saturated rings. The van der Waals surface area contributed by atoms with Gasteiger partial charge in [0.05, 0.1) is 0 Å². The fraction of sp³-hybridized carbons (Fsp3) is 0.583. The molecular weight excluding hydrogens is 214 g/mol. The van der Waals surface area contributed by atoms with Gasteiger partial charge in [-0.25, -0.2) is 15.0 Å². The molecule has 2 aromatic heterocycles. The third kappa shape index (κ3) is 2.09. The molecule has 1 saturated carbocycles. The molecule has 0 aromatic carbocycles. The van der Waals surface area contributed by atoms with Crippen LogP contribution < -0.4 is 5.32 Å². The Morgan fingerprint density at radius 1 is 1.41 bits per heavy atom. The topological polar surface area (TPSA) is 66.5 Å². The van der Waals surface area contributed by atoms with E-state index in [1.54, 1.807) is 6.33 Å². The largest absolute Gasteiger partial charge is 0.368 e. The van der Waals surface area contributed by atoms with Crippen molar-refractivity contribution in [1.29, 1.82) is 0 Å². The van der Waals surface area contributed by atoms with Crippen LogP contribution in [-0.4, -0.2) is 26.5 Å². The van der Waals surface area contributed by atoms with E-state index in [-0.39, 0.29) is 0 Å². The summed E-state index contributed by atoms with van der Waals surface area (Å²) in [6.45, 7) is 3.12. The molecule has 0 radical (unpaired) electrons. The van der Waals surface area contributed by atoms with Gasteiger partial charge in [-0.15, -0.1) is 0 Å². The van der Waals surface area contributed by atoms with E-state index in [0.29, 0.717) is 5.92 Å². The molecule has 3 rings (SSSR count). The molecule has 0 amide bonds. The van der Waals surface area contributed by atoms with Crippen LogP contribution >= 0.6 is 0 Å². The first kappa shape index (κ1) is 10.5. The molecule has 1 aliphatic carbocycles. The molecule has 17 heavy (non-hydrogen) atoms. The van der Waals surface area contributed by atoms with Gasteiger partial charge in [0.2, 0.25) is 0 Å². The lowest BCUT2D eigenvalue weighted by atomic mass is 10.3. The Bertz CT molecular complexity index is 515. The normalized spacial score (nSPS) is 15.4. The van der Waals surface area contributed by atoms with Gasteiger partial charge in [0.25, 0.3) is 0 Å². The van der Waals surface area contributed by atoms with E-state index in [0.717, 1.165) is 35.8 Å². The molecular formula is C12H17N5. The average Bonchev–Trinajstić information content (AvgIpc) is 3.09. The summed E-state index contributed by atoms with van der Waals surface area (Å²) in [5.41, 5.74) is 1.73. The predicted octanol–water partition coefficient (Wildman–Crippen LogP) is 2.44. The standard InChI is InChI=1S/C12H17N5/c1-2-3-6-13-11-9-12(15-7-14-11)17-10(16-9)8-4-5-8/h7-8H,2-6H2,1H3,(H2,13,14,15,16,17). The Labute approximate surface area is 100 Å². The number of H-pyrrole nitrogens is 1. The first-order chi connectivity index (χ1) is 8.38. The summed E-state index contributed by atoms with van der Waals surface area (Å²) < 4.78 is 0. The van der Waals surface area contributed by atoms with Crippen molar-refractivity contribution in [3.05, 3.63) is 12.2 Å². The van der Waals surface area contributed by atoms with Gasteiger partial charge in [0.1, 0.15) is 17.7 Å². The minimum Gasteiger partial charge on any atom is -0.368 e. The van der Waals surface area contributed by atoms with E-state index in [1.165, 1.54) is 19.3 Å². The van der Waals surface area contributed by atoms with E-state index in [9.17, 15) is 0 Å². The van der Waals surface area contributed by atoms with Crippen molar-refractivity contribution in [2.24, 2.45) is 0 Å². The summed E-state index contributed by atoms with van der Waals surface area (Å²) in [4.78, 5) is 16.4. The lowest BCUT2D eigenvalue weighted by Gasteiger charge is -2.03. The lowest BCUT2D eigenvalue weighted by Crippen LogP contribution is -2.03. The monoisotopic (exact) mass is 231 g/mol. The van der Waals surface area contributed by atoms with Crippen LogP contribution in [0.3, 0.4) is 0 Å². The summed E-state index contributed by atoms with van der Waals surface area (Å²) in [6, 6.07) is 0. The van der Waals surface area contributed by atoms with Crippen LogP contribution in [0.2, 0.25) is 0 Å². The zero-order valence-corrected chi connectivity index (χ0v) is 10.0. The second-order valence-electron chi connectivity index (χ2n) is 4.60. The number of nitrogens with zero attached hydrogens (tertiary/aromatic N) is 3. The van der Waals surface area contributed by atoms with Crippen LogP contribution in [-0.2, 0) is 0 Å². The number of aromatic amines is 1. The first-order valence-electron chi connectivity index (χ1n) is 6.33. The smallest absolute Gasteiger partial charge is 0.183 e. The number of anilines is 1. The van der Waals surface area contributed by atoms with E-state index < -0.39 is 0 Å². The highest BCUT2D eigenvalue weighted by Gasteiger charge is 2.27. The molecule has 0 bridgehead atoms. The van der Waals surface area contributed by atoms with Crippen molar-refractivity contribution >= 4 is 17.0 Å². The number of fused-ring (bicyclic) bond motifs is 1. The van der Waals surface area contributed by atoms with Crippen LogP contribution in [0, 0.1) is 0 Å². The van der Waals surface area contributed by atoms with Crippen molar-refractivity contribution < 1.29 is 0 Å². The van der Waals surface area contributed by atoms with Crippen LogP contribution in [0.4, 0.5) is 5.82 Å². The van der Waals surface area contributed by atoms with Crippen molar-refractivity contribution in [2.75, 3.05) is 11.9 Å². The highest BCUT2D eigenvalue weighted by molar-refractivity contribution is 5.82. The van der Waals surface area contributed by atoms with Crippen molar-refractivity contribution in [2.45, 2.75) is 38.5 Å². The summed E-state index contributed by atoms with van der Waals surface area (Å²) >= 11 is 0. The van der Waals surface area contributed by atoms with E-state index in [4.69, 9.17) is 0 Å². The van der Waals surface area contributed by atoms with Crippen molar-refractivity contribution in [1.82, 2.24) is 19.9 Å². The molecule has 5 nitrogen and oxygen atoms in total. The molecule has 5 heteroatoms. The molecule has 2 N–H and O–H groups in total. The van der Waals surface area contributed by atoms with Gasteiger partial charge in [0.15, 0.2) is 11.5 Å². The number of hydrogen-bond donors (Lipinski definition) is 2. The summed E-state index contributed by atoms with van der Waals surface area (Å²) in [5, 5.41) is 3.34. The van der Waals surface area contributed by atoms with Crippen LogP contribution in [0.25, 0.3) is 11.2 Å². The molecule has 1 aliphatic rings. The molecule has 0 spiro atoms. The van der Waals surface area contributed by atoms with Crippen molar-refractivity contribution in [3.63, 3.8) is 0 Å². The third-order valence-electron chi connectivity index (χ3n) is 3.09. The van der Waals surface area contributed by atoms with Gasteiger partial charge < -0.3 is 10.3 Å². The molecule has 2 aromatic rings. The van der Waals surface area contributed by atoms with Gasteiger partial charge in [0, 0.05) is 12.5 Å². The maximum absolute atomic E-state index is 4.52. The Balaban J connectivity index is 1.88. The minimum absolute atomic E-state index is 0.618.